The maximum Gasteiger partial charge on any atom is 0.261 e. The summed E-state index contributed by atoms with van der Waals surface area (Å²) >= 11 is 0. The van der Waals surface area contributed by atoms with Gasteiger partial charge in [-0.05, 0) is 30.0 Å². The standard InChI is InChI=1S/C21H23NO3/c1-14(2)13-18(19(25-3)15-9-5-4-6-10-15)22-20(23)16-11-7-8-12-17(16)21(22)24/h4-12,14,18-19H,13H2,1-3H3/t18?,19-/m0/s1. The number of carbonyl (C=O) groups is 2. The highest BCUT2D eigenvalue weighted by atomic mass is 16.5. The maximum absolute atomic E-state index is 12.9. The van der Waals surface area contributed by atoms with Gasteiger partial charge in [0.25, 0.3) is 11.8 Å². The van der Waals surface area contributed by atoms with Crippen LogP contribution in [0.4, 0.5) is 0 Å². The summed E-state index contributed by atoms with van der Waals surface area (Å²) in [6, 6.07) is 16.4. The first kappa shape index (κ1) is 17.4. The van der Waals surface area contributed by atoms with E-state index in [-0.39, 0.29) is 24.0 Å². The van der Waals surface area contributed by atoms with Gasteiger partial charge in [0.2, 0.25) is 0 Å². The third kappa shape index (κ3) is 3.22. The highest BCUT2D eigenvalue weighted by Gasteiger charge is 2.43. The van der Waals surface area contributed by atoms with E-state index in [1.54, 1.807) is 31.4 Å². The number of hydrogen-bond acceptors (Lipinski definition) is 3. The van der Waals surface area contributed by atoms with Crippen LogP contribution in [0.1, 0.15) is 52.7 Å². The van der Waals surface area contributed by atoms with Gasteiger partial charge in [-0.3, -0.25) is 14.5 Å². The number of nitrogens with zero attached hydrogens (tertiary/aromatic N) is 1. The average Bonchev–Trinajstić information content (AvgIpc) is 2.87. The number of ether oxygens (including phenoxy) is 1. The molecular weight excluding hydrogens is 314 g/mol. The first-order valence-corrected chi connectivity index (χ1v) is 8.59. The van der Waals surface area contributed by atoms with Gasteiger partial charge in [-0.2, -0.15) is 0 Å². The summed E-state index contributed by atoms with van der Waals surface area (Å²) < 4.78 is 5.76. The van der Waals surface area contributed by atoms with Gasteiger partial charge in [-0.1, -0.05) is 56.3 Å². The third-order valence-electron chi connectivity index (χ3n) is 4.60. The number of imide groups is 1. The van der Waals surface area contributed by atoms with E-state index in [2.05, 4.69) is 13.8 Å². The summed E-state index contributed by atoms with van der Waals surface area (Å²) in [5.41, 5.74) is 1.92. The van der Waals surface area contributed by atoms with Crippen LogP contribution in [-0.4, -0.2) is 29.9 Å². The van der Waals surface area contributed by atoms with Gasteiger partial charge in [0.15, 0.2) is 0 Å². The Kier molecular flexibility index (Phi) is 5.00. The van der Waals surface area contributed by atoms with Crippen LogP contribution >= 0.6 is 0 Å². The Labute approximate surface area is 148 Å². The van der Waals surface area contributed by atoms with Crippen LogP contribution in [0.3, 0.4) is 0 Å². The predicted molar refractivity (Wildman–Crippen MR) is 96.4 cm³/mol. The number of methoxy groups -OCH3 is 1. The summed E-state index contributed by atoms with van der Waals surface area (Å²) in [6.07, 6.45) is 0.324. The lowest BCUT2D eigenvalue weighted by molar-refractivity contribution is 0.00996. The van der Waals surface area contributed by atoms with E-state index in [0.29, 0.717) is 23.5 Å². The Morgan fingerprint density at radius 1 is 0.880 bits per heavy atom. The highest BCUT2D eigenvalue weighted by Crippen LogP contribution is 2.34. The van der Waals surface area contributed by atoms with Crippen molar-refractivity contribution < 1.29 is 14.3 Å². The fourth-order valence-corrected chi connectivity index (χ4v) is 3.51. The normalized spacial score (nSPS) is 16.2. The fourth-order valence-electron chi connectivity index (χ4n) is 3.51. The van der Waals surface area contributed by atoms with E-state index in [1.807, 2.05) is 30.3 Å². The summed E-state index contributed by atoms with van der Waals surface area (Å²) in [5.74, 6) is -0.149. The zero-order valence-electron chi connectivity index (χ0n) is 14.8. The van der Waals surface area contributed by atoms with Crippen molar-refractivity contribution in [2.45, 2.75) is 32.4 Å². The molecule has 1 aliphatic heterocycles. The highest BCUT2D eigenvalue weighted by molar-refractivity contribution is 6.21. The Balaban J connectivity index is 2.02. The number of hydrogen-bond donors (Lipinski definition) is 0. The molecule has 0 saturated heterocycles. The van der Waals surface area contributed by atoms with Crippen molar-refractivity contribution >= 4 is 11.8 Å². The first-order valence-electron chi connectivity index (χ1n) is 8.59. The molecular formula is C21H23NO3. The molecule has 4 nitrogen and oxygen atoms in total. The molecule has 3 rings (SSSR count). The quantitative estimate of drug-likeness (QED) is 0.746. The molecule has 1 aliphatic rings. The van der Waals surface area contributed by atoms with Gasteiger partial charge in [-0.25, -0.2) is 0 Å². The van der Waals surface area contributed by atoms with Gasteiger partial charge in [0, 0.05) is 7.11 Å². The van der Waals surface area contributed by atoms with Gasteiger partial charge < -0.3 is 4.74 Å². The molecule has 0 bridgehead atoms. The molecule has 0 spiro atoms. The Hall–Kier alpha value is -2.46. The van der Waals surface area contributed by atoms with Crippen molar-refractivity contribution in [1.29, 1.82) is 0 Å². The minimum Gasteiger partial charge on any atom is -0.375 e. The molecule has 25 heavy (non-hydrogen) atoms. The van der Waals surface area contributed by atoms with Crippen molar-refractivity contribution in [1.82, 2.24) is 4.90 Å². The molecule has 0 aliphatic carbocycles. The Morgan fingerprint density at radius 3 is 1.88 bits per heavy atom. The van der Waals surface area contributed by atoms with Gasteiger partial charge in [0.1, 0.15) is 6.10 Å². The van der Waals surface area contributed by atoms with E-state index in [4.69, 9.17) is 4.74 Å². The lowest BCUT2D eigenvalue weighted by atomic mass is 9.93. The van der Waals surface area contributed by atoms with Crippen molar-refractivity contribution in [3.8, 4) is 0 Å². The largest absolute Gasteiger partial charge is 0.375 e. The van der Waals surface area contributed by atoms with Gasteiger partial charge in [0.05, 0.1) is 17.2 Å². The number of benzene rings is 2. The second-order valence-corrected chi connectivity index (χ2v) is 6.79. The Bertz CT molecular complexity index is 735. The van der Waals surface area contributed by atoms with Crippen LogP contribution < -0.4 is 0 Å². The van der Waals surface area contributed by atoms with Crippen LogP contribution in [-0.2, 0) is 4.74 Å². The van der Waals surface area contributed by atoms with Crippen molar-refractivity contribution in [3.63, 3.8) is 0 Å². The van der Waals surface area contributed by atoms with E-state index in [0.717, 1.165) is 5.56 Å². The maximum atomic E-state index is 12.9. The minimum atomic E-state index is -0.356. The van der Waals surface area contributed by atoms with E-state index >= 15 is 0 Å². The second-order valence-electron chi connectivity index (χ2n) is 6.79. The van der Waals surface area contributed by atoms with Crippen LogP contribution in [0, 0.1) is 5.92 Å². The topological polar surface area (TPSA) is 46.6 Å². The van der Waals surface area contributed by atoms with Crippen molar-refractivity contribution in [2.24, 2.45) is 5.92 Å². The lowest BCUT2D eigenvalue weighted by Gasteiger charge is -2.34. The molecule has 4 heteroatoms. The van der Waals surface area contributed by atoms with Gasteiger partial charge >= 0.3 is 0 Å². The summed E-state index contributed by atoms with van der Waals surface area (Å²) in [4.78, 5) is 27.3. The van der Waals surface area contributed by atoms with E-state index < -0.39 is 0 Å². The number of rotatable bonds is 6. The average molecular weight is 337 g/mol. The van der Waals surface area contributed by atoms with Crippen molar-refractivity contribution in [3.05, 3.63) is 71.3 Å². The first-order chi connectivity index (χ1) is 12.0. The zero-order valence-corrected chi connectivity index (χ0v) is 14.8. The second kappa shape index (κ2) is 7.19. The minimum absolute atomic E-state index is 0.232. The molecule has 1 heterocycles. The lowest BCUT2D eigenvalue weighted by Crippen LogP contribution is -2.44. The van der Waals surface area contributed by atoms with Gasteiger partial charge in [-0.15, -0.1) is 0 Å². The van der Waals surface area contributed by atoms with E-state index in [1.165, 1.54) is 4.90 Å². The summed E-state index contributed by atoms with van der Waals surface area (Å²) in [7, 11) is 1.63. The van der Waals surface area contributed by atoms with Crippen LogP contribution in [0.15, 0.2) is 54.6 Å². The molecule has 1 unspecified atom stereocenters. The fraction of sp³-hybridized carbons (Fsp3) is 0.333. The smallest absolute Gasteiger partial charge is 0.261 e. The van der Waals surface area contributed by atoms with Crippen LogP contribution in [0.5, 0.6) is 0 Å². The van der Waals surface area contributed by atoms with Crippen LogP contribution in [0.2, 0.25) is 0 Å². The number of fused-ring (bicyclic) bond motifs is 1. The molecule has 0 fully saturated rings. The third-order valence-corrected chi connectivity index (χ3v) is 4.60. The summed E-state index contributed by atoms with van der Waals surface area (Å²) in [5, 5.41) is 0. The molecule has 2 aromatic carbocycles. The molecule has 2 amide bonds. The zero-order chi connectivity index (χ0) is 18.0. The molecule has 0 radical (unpaired) electrons. The molecule has 0 aromatic heterocycles. The summed E-state index contributed by atoms with van der Waals surface area (Å²) in [6.45, 7) is 4.17. The molecule has 0 saturated carbocycles. The molecule has 2 aromatic rings. The number of amides is 2. The Morgan fingerprint density at radius 2 is 1.40 bits per heavy atom. The molecule has 2 atom stereocenters. The van der Waals surface area contributed by atoms with E-state index in [9.17, 15) is 9.59 Å². The number of carbonyl (C=O) groups excluding carboxylic acids is 2. The molecule has 130 valence electrons. The monoisotopic (exact) mass is 337 g/mol. The predicted octanol–water partition coefficient (Wildman–Crippen LogP) is 4.09. The molecule has 0 N–H and O–H groups in total. The van der Waals surface area contributed by atoms with Crippen LogP contribution in [0.25, 0.3) is 0 Å². The SMILES string of the molecule is CO[C@@H](c1ccccc1)C(CC(C)C)N1C(=O)c2ccccc2C1=O. The van der Waals surface area contributed by atoms with Crippen molar-refractivity contribution in [2.75, 3.05) is 7.11 Å².